The molecule has 8 atom stereocenters. The predicted molar refractivity (Wildman–Crippen MR) is 327 cm³/mol. The fourth-order valence-electron chi connectivity index (χ4n) is 10.5. The lowest BCUT2D eigenvalue weighted by molar-refractivity contribution is -0.176. The number of esters is 4. The molecule has 0 bridgehead atoms. The van der Waals surface area contributed by atoms with Gasteiger partial charge in [0.1, 0.15) is 24.2 Å². The number of amides is 4. The van der Waals surface area contributed by atoms with E-state index in [2.05, 4.69) is 10.3 Å². The van der Waals surface area contributed by atoms with Gasteiger partial charge in [-0.2, -0.15) is 0 Å². The van der Waals surface area contributed by atoms with Gasteiger partial charge in [0.25, 0.3) is 23.6 Å². The minimum atomic E-state index is -1.60. The van der Waals surface area contributed by atoms with Gasteiger partial charge in [0.2, 0.25) is 0 Å². The van der Waals surface area contributed by atoms with E-state index in [1.165, 1.54) is 42.0 Å². The van der Waals surface area contributed by atoms with Crippen LogP contribution in [0, 0.1) is 23.7 Å². The molecule has 4 aromatic rings. The molecule has 24 nitrogen and oxygen atoms in total. The summed E-state index contributed by atoms with van der Waals surface area (Å²) >= 11 is 0. The Balaban J connectivity index is 1.59. The SMILES string of the molecule is CC(C)C[C@H]1C(=O)O[C@H](Cc2ccc(Cn3cccc3/C(N)=N/O)cc2)C(=O)N(C)[C@@H](CC(C)C)C(=O)O[C@H](C)C(=O)N(C)[C@@H](CC(C)C)C(=O)O[C@H](Cc2ccc(Cn3cccc3/C(N)=N/O)cc2)C(=O)N(C)[C@@H](CC(C)C)C(=O)O[C@H](C)C(=O)N1C. The van der Waals surface area contributed by atoms with E-state index >= 15 is 9.59 Å². The average Bonchev–Trinajstić information content (AvgIpc) is 4.19. The number of oxime groups is 2. The van der Waals surface area contributed by atoms with Crippen LogP contribution in [0.25, 0.3) is 0 Å². The maximum Gasteiger partial charge on any atom is 0.329 e. The summed E-state index contributed by atoms with van der Waals surface area (Å²) in [4.78, 5) is 122. The van der Waals surface area contributed by atoms with Crippen molar-refractivity contribution in [1.82, 2.24) is 28.7 Å². The summed E-state index contributed by atoms with van der Waals surface area (Å²) in [6.45, 7) is 17.9. The zero-order valence-electron chi connectivity index (χ0n) is 53.2. The lowest BCUT2D eigenvalue weighted by Crippen LogP contribution is -2.55. The van der Waals surface area contributed by atoms with Gasteiger partial charge in [-0.1, -0.05) is 114 Å². The second kappa shape index (κ2) is 31.8. The number of amidine groups is 2. The molecule has 1 fully saturated rings. The Morgan fingerprint density at radius 3 is 0.966 bits per heavy atom. The third kappa shape index (κ3) is 18.7. The van der Waals surface area contributed by atoms with E-state index in [1.54, 1.807) is 94.3 Å². The molecule has 4 amide bonds. The summed E-state index contributed by atoms with van der Waals surface area (Å²) in [7, 11) is 5.45. The van der Waals surface area contributed by atoms with Gasteiger partial charge in [-0.15, -0.1) is 0 Å². The number of carbonyl (C=O) groups is 8. The molecule has 24 heteroatoms. The van der Waals surface area contributed by atoms with Crippen LogP contribution in [0.4, 0.5) is 0 Å². The first-order chi connectivity index (χ1) is 41.5. The van der Waals surface area contributed by atoms with Crippen molar-refractivity contribution >= 4 is 59.2 Å². The first-order valence-corrected chi connectivity index (χ1v) is 29.8. The molecule has 6 N–H and O–H groups in total. The maximum atomic E-state index is 15.1. The second-order valence-electron chi connectivity index (χ2n) is 24.4. The molecule has 88 heavy (non-hydrogen) atoms. The number of cyclic esters (lactones) is 4. The zero-order valence-corrected chi connectivity index (χ0v) is 53.2. The van der Waals surface area contributed by atoms with Crippen LogP contribution in [0.3, 0.4) is 0 Å². The molecule has 0 aliphatic carbocycles. The molecule has 480 valence electrons. The van der Waals surface area contributed by atoms with Crippen molar-refractivity contribution in [1.29, 1.82) is 0 Å². The quantitative estimate of drug-likeness (QED) is 0.0237. The topological polar surface area (TPSA) is 314 Å². The summed E-state index contributed by atoms with van der Waals surface area (Å²) in [6.07, 6.45) is -2.96. The van der Waals surface area contributed by atoms with Gasteiger partial charge in [-0.05, 0) is 110 Å². The fourth-order valence-corrected chi connectivity index (χ4v) is 10.5. The number of ether oxygens (including phenoxy) is 4. The minimum absolute atomic E-state index is 0.0416. The molecule has 1 saturated heterocycles. The van der Waals surface area contributed by atoms with Gasteiger partial charge in [0.15, 0.2) is 36.1 Å². The van der Waals surface area contributed by atoms with E-state index in [9.17, 15) is 39.2 Å². The Bertz CT molecular complexity index is 2890. The first-order valence-electron chi connectivity index (χ1n) is 29.8. The number of nitrogens with two attached hydrogens (primary N) is 2. The third-order valence-corrected chi connectivity index (χ3v) is 15.5. The second-order valence-corrected chi connectivity index (χ2v) is 24.4. The van der Waals surface area contributed by atoms with E-state index in [1.807, 2.05) is 55.4 Å². The Labute approximate surface area is 515 Å². The molecular formula is C64H90N10O14. The molecule has 1 aliphatic rings. The molecule has 2 aromatic carbocycles. The van der Waals surface area contributed by atoms with Gasteiger partial charge in [0, 0.05) is 66.5 Å². The smallest absolute Gasteiger partial charge is 0.329 e. The van der Waals surface area contributed by atoms with Gasteiger partial charge in [-0.3, -0.25) is 19.2 Å². The maximum absolute atomic E-state index is 15.1. The van der Waals surface area contributed by atoms with Gasteiger partial charge < -0.3 is 69.6 Å². The number of carbonyl (C=O) groups excluding carboxylic acids is 8. The summed E-state index contributed by atoms with van der Waals surface area (Å²) in [5, 5.41) is 24.9. The van der Waals surface area contributed by atoms with Crippen molar-refractivity contribution in [2.45, 2.75) is 169 Å². The van der Waals surface area contributed by atoms with Crippen molar-refractivity contribution in [3.63, 3.8) is 0 Å². The van der Waals surface area contributed by atoms with Crippen molar-refractivity contribution in [2.75, 3.05) is 28.2 Å². The highest BCUT2D eigenvalue weighted by Crippen LogP contribution is 2.25. The van der Waals surface area contributed by atoms with Crippen molar-refractivity contribution < 1.29 is 67.7 Å². The van der Waals surface area contributed by atoms with Crippen molar-refractivity contribution in [3.05, 3.63) is 119 Å². The number of likely N-dealkylation sites (N-methyl/N-ethyl adjacent to an activating group) is 4. The summed E-state index contributed by atoms with van der Waals surface area (Å²) < 4.78 is 27.8. The Hall–Kier alpha value is -8.70. The van der Waals surface area contributed by atoms with Crippen molar-refractivity contribution in [3.8, 4) is 0 Å². The standard InChI is InChI=1S/C64H90N10O14/c1-37(2)29-49-61(79)85-41(9)57(75)69(11)52(32-40(7)8)64(82)88-54(34-44-21-25-46(26-22-44)36-74-28-16-18-48(74)56(66)68-84)60(78)72(14)50(30-38(3)4)62(80)86-42(10)58(76)70(12)51(31-39(5)6)63(81)87-53(59(77)71(49)13)33-43-19-23-45(24-20-43)35-73-27-15-17-47(73)55(65)67-83/h15-28,37-42,49-54,83-84H,29-36H2,1-14H3,(H2,65,67)(H2,66,68)/t41-,42-,49+,50+,51+,52+,53-,54-/m1/s1. The Kier molecular flexibility index (Phi) is 25.3. The summed E-state index contributed by atoms with van der Waals surface area (Å²) in [5.74, 6) is -8.09. The number of hydrogen-bond donors (Lipinski definition) is 4. The molecule has 3 heterocycles. The van der Waals surface area contributed by atoms with E-state index in [0.29, 0.717) is 35.6 Å². The third-order valence-electron chi connectivity index (χ3n) is 15.5. The lowest BCUT2D eigenvalue weighted by atomic mass is 9.99. The molecule has 1 aliphatic heterocycles. The van der Waals surface area contributed by atoms with Crippen LogP contribution in [0.1, 0.15) is 129 Å². The highest BCUT2D eigenvalue weighted by Gasteiger charge is 2.43. The molecule has 0 saturated carbocycles. The van der Waals surface area contributed by atoms with Crippen LogP contribution in [0.2, 0.25) is 0 Å². The van der Waals surface area contributed by atoms with Crippen LogP contribution in [0.15, 0.2) is 95.5 Å². The first kappa shape index (κ1) is 70.1. The average molecular weight is 1220 g/mol. The Morgan fingerprint density at radius 2 is 0.693 bits per heavy atom. The molecule has 0 radical (unpaired) electrons. The molecular weight excluding hydrogens is 1130 g/mol. The molecule has 0 unspecified atom stereocenters. The monoisotopic (exact) mass is 1220 g/mol. The van der Waals surface area contributed by atoms with Crippen LogP contribution < -0.4 is 11.5 Å². The number of nitrogens with zero attached hydrogens (tertiary/aromatic N) is 8. The minimum Gasteiger partial charge on any atom is -0.451 e. The predicted octanol–water partition coefficient (Wildman–Crippen LogP) is 5.55. The number of rotatable bonds is 18. The van der Waals surface area contributed by atoms with Crippen molar-refractivity contribution in [2.24, 2.45) is 45.5 Å². The van der Waals surface area contributed by atoms with E-state index in [0.717, 1.165) is 30.7 Å². The van der Waals surface area contributed by atoms with Crippen LogP contribution >= 0.6 is 0 Å². The molecule has 2 aromatic heterocycles. The number of aromatic nitrogens is 2. The van der Waals surface area contributed by atoms with Crippen LogP contribution in [-0.2, 0) is 83.2 Å². The highest BCUT2D eigenvalue weighted by atomic mass is 16.6. The molecule has 0 spiro atoms. The fraction of sp³-hybridized carbons (Fsp3) is 0.531. The lowest BCUT2D eigenvalue weighted by Gasteiger charge is -2.35. The number of benzene rings is 2. The van der Waals surface area contributed by atoms with E-state index in [4.69, 9.17) is 30.4 Å². The Morgan fingerprint density at radius 1 is 0.432 bits per heavy atom. The largest absolute Gasteiger partial charge is 0.451 e. The number of hydrogen-bond acceptors (Lipinski definition) is 16. The van der Waals surface area contributed by atoms with Crippen LogP contribution in [0.5, 0.6) is 0 Å². The highest BCUT2D eigenvalue weighted by molar-refractivity contribution is 5.97. The van der Waals surface area contributed by atoms with E-state index < -0.39 is 96.1 Å². The summed E-state index contributed by atoms with van der Waals surface area (Å²) in [6, 6.07) is 15.7. The normalized spacial score (nSPS) is 22.6. The van der Waals surface area contributed by atoms with Gasteiger partial charge >= 0.3 is 23.9 Å². The summed E-state index contributed by atoms with van der Waals surface area (Å²) in [5.41, 5.74) is 15.5. The van der Waals surface area contributed by atoms with Crippen LogP contribution in [-0.4, -0.2) is 175 Å². The molecule has 5 rings (SSSR count). The van der Waals surface area contributed by atoms with Gasteiger partial charge in [-0.25, -0.2) is 19.2 Å². The van der Waals surface area contributed by atoms with E-state index in [-0.39, 0.29) is 73.9 Å². The zero-order chi connectivity index (χ0) is 65.4. The van der Waals surface area contributed by atoms with Gasteiger partial charge in [0.05, 0.1) is 11.4 Å².